The van der Waals surface area contributed by atoms with Crippen LogP contribution >= 0.6 is 0 Å². The summed E-state index contributed by atoms with van der Waals surface area (Å²) in [6.45, 7) is 8.03. The third kappa shape index (κ3) is 2.86. The summed E-state index contributed by atoms with van der Waals surface area (Å²) >= 11 is 0. The summed E-state index contributed by atoms with van der Waals surface area (Å²) in [4.78, 5) is 36.4. The Morgan fingerprint density at radius 1 is 1.29 bits per heavy atom. The summed E-state index contributed by atoms with van der Waals surface area (Å²) in [7, 11) is 0. The highest BCUT2D eigenvalue weighted by Gasteiger charge is 2.62. The van der Waals surface area contributed by atoms with E-state index in [1.165, 1.54) is 0 Å². The van der Waals surface area contributed by atoms with Crippen molar-refractivity contribution in [3.8, 4) is 0 Å². The van der Waals surface area contributed by atoms with Crippen LogP contribution in [0.4, 0.5) is 4.79 Å². The average molecular weight is 301 g/mol. The molecule has 2 heterocycles. The van der Waals surface area contributed by atoms with Crippen LogP contribution in [0.2, 0.25) is 0 Å². The second-order valence-corrected chi connectivity index (χ2v) is 6.49. The van der Waals surface area contributed by atoms with Crippen molar-refractivity contribution in [2.75, 3.05) is 0 Å². The molecular weight excluding hydrogens is 282 g/mol. The van der Waals surface area contributed by atoms with Gasteiger partial charge in [-0.2, -0.15) is 0 Å². The summed E-state index contributed by atoms with van der Waals surface area (Å²) in [5.74, 6) is -3.17. The van der Waals surface area contributed by atoms with Gasteiger partial charge in [0.15, 0.2) is 17.9 Å². The number of carboxylic acids is 1. The topological polar surface area (TPSA) is 102 Å². The van der Waals surface area contributed by atoms with E-state index in [1.54, 1.807) is 34.6 Å². The van der Waals surface area contributed by atoms with Crippen molar-refractivity contribution in [3.05, 3.63) is 0 Å². The van der Waals surface area contributed by atoms with Gasteiger partial charge in [0, 0.05) is 0 Å². The van der Waals surface area contributed by atoms with Gasteiger partial charge in [0.1, 0.15) is 11.7 Å². The normalized spacial score (nSPS) is 31.2. The van der Waals surface area contributed by atoms with Crippen molar-refractivity contribution in [1.82, 2.24) is 4.90 Å². The van der Waals surface area contributed by atoms with Gasteiger partial charge in [0.25, 0.3) is 5.91 Å². The van der Waals surface area contributed by atoms with E-state index in [-0.39, 0.29) is 0 Å². The lowest BCUT2D eigenvalue weighted by Crippen LogP contribution is -2.49. The minimum absolute atomic E-state index is 0.568. The minimum atomic E-state index is -1.46. The van der Waals surface area contributed by atoms with Crippen LogP contribution in [0.1, 0.15) is 34.6 Å². The molecule has 8 heteroatoms. The lowest BCUT2D eigenvalue weighted by molar-refractivity contribution is -0.177. The molecule has 2 amide bonds. The smallest absolute Gasteiger partial charge is 0.418 e. The third-order valence-corrected chi connectivity index (χ3v) is 3.04. The molecule has 0 aromatic carbocycles. The number of ether oxygens (including phenoxy) is 3. The monoisotopic (exact) mass is 301 g/mol. The molecule has 2 aliphatic rings. The Hall–Kier alpha value is -1.67. The first kappa shape index (κ1) is 15.7. The van der Waals surface area contributed by atoms with Crippen LogP contribution < -0.4 is 0 Å². The van der Waals surface area contributed by atoms with Crippen molar-refractivity contribution in [1.29, 1.82) is 0 Å². The van der Waals surface area contributed by atoms with Gasteiger partial charge in [0.2, 0.25) is 0 Å². The molecule has 0 aliphatic carbocycles. The third-order valence-electron chi connectivity index (χ3n) is 3.04. The van der Waals surface area contributed by atoms with E-state index in [1.807, 2.05) is 0 Å². The largest absolute Gasteiger partial charge is 0.480 e. The Bertz CT molecular complexity index is 493. The second-order valence-electron chi connectivity index (χ2n) is 6.49. The van der Waals surface area contributed by atoms with Crippen molar-refractivity contribution in [2.45, 2.75) is 64.3 Å². The summed E-state index contributed by atoms with van der Waals surface area (Å²) in [6.07, 6.45) is -3.18. The van der Waals surface area contributed by atoms with Crippen LogP contribution in [0.5, 0.6) is 0 Å². The average Bonchev–Trinajstić information content (AvgIpc) is 2.68. The van der Waals surface area contributed by atoms with E-state index in [9.17, 15) is 19.5 Å². The maximum absolute atomic E-state index is 12.3. The molecule has 0 bridgehead atoms. The maximum atomic E-state index is 12.3. The standard InChI is InChI=1S/C13H19NO7/c1-12(2,3)21-11(18)14-6(10(16)17)7-8(9(14)15)20-13(4,5)19-7/h6-8H,1-5H3,(H,16,17)/t6-,7-,8-/m0/s1. The molecule has 2 rings (SSSR count). The number of rotatable bonds is 1. The van der Waals surface area contributed by atoms with E-state index >= 15 is 0 Å². The van der Waals surface area contributed by atoms with Gasteiger partial charge < -0.3 is 19.3 Å². The molecule has 1 N–H and O–H groups in total. The van der Waals surface area contributed by atoms with Crippen molar-refractivity contribution in [3.63, 3.8) is 0 Å². The van der Waals surface area contributed by atoms with Gasteiger partial charge in [-0.15, -0.1) is 0 Å². The Kier molecular flexibility index (Phi) is 3.50. The van der Waals surface area contributed by atoms with Crippen LogP contribution in [0.25, 0.3) is 0 Å². The highest BCUT2D eigenvalue weighted by Crippen LogP contribution is 2.38. The number of carbonyl (C=O) groups is 3. The zero-order valence-electron chi connectivity index (χ0n) is 12.6. The highest BCUT2D eigenvalue weighted by molar-refractivity contribution is 6.02. The van der Waals surface area contributed by atoms with Gasteiger partial charge in [0.05, 0.1) is 0 Å². The number of aliphatic carboxylic acids is 1. The van der Waals surface area contributed by atoms with E-state index in [2.05, 4.69) is 0 Å². The van der Waals surface area contributed by atoms with Crippen molar-refractivity contribution in [2.24, 2.45) is 0 Å². The Morgan fingerprint density at radius 3 is 2.33 bits per heavy atom. The van der Waals surface area contributed by atoms with Crippen LogP contribution in [-0.4, -0.2) is 57.6 Å². The molecule has 2 fully saturated rings. The number of nitrogens with zero attached hydrogens (tertiary/aromatic N) is 1. The highest BCUT2D eigenvalue weighted by atomic mass is 16.8. The molecule has 118 valence electrons. The van der Waals surface area contributed by atoms with E-state index in [0.29, 0.717) is 4.90 Å². The fraction of sp³-hybridized carbons (Fsp3) is 0.769. The van der Waals surface area contributed by atoms with Crippen LogP contribution in [0.15, 0.2) is 0 Å². The van der Waals surface area contributed by atoms with Crippen molar-refractivity contribution < 1.29 is 33.7 Å². The molecule has 2 aliphatic heterocycles. The quantitative estimate of drug-likeness (QED) is 0.761. The van der Waals surface area contributed by atoms with Crippen LogP contribution in [0, 0.1) is 0 Å². The summed E-state index contributed by atoms with van der Waals surface area (Å²) in [5.41, 5.74) is -0.848. The second kappa shape index (κ2) is 4.67. The molecule has 2 saturated heterocycles. The molecule has 8 nitrogen and oxygen atoms in total. The summed E-state index contributed by atoms with van der Waals surface area (Å²) in [5, 5.41) is 9.33. The van der Waals surface area contributed by atoms with Crippen LogP contribution in [0.3, 0.4) is 0 Å². The van der Waals surface area contributed by atoms with E-state index in [4.69, 9.17) is 14.2 Å². The lowest BCUT2D eigenvalue weighted by atomic mass is 10.1. The zero-order chi connectivity index (χ0) is 16.2. The predicted octanol–water partition coefficient (Wildman–Crippen LogP) is 0.737. The van der Waals surface area contributed by atoms with Gasteiger partial charge in [-0.05, 0) is 34.6 Å². The molecule has 0 spiro atoms. The molecule has 0 aromatic rings. The Labute approximate surface area is 121 Å². The number of carbonyl (C=O) groups excluding carboxylic acids is 2. The number of hydrogen-bond acceptors (Lipinski definition) is 6. The van der Waals surface area contributed by atoms with Crippen LogP contribution in [-0.2, 0) is 23.8 Å². The molecule has 0 unspecified atom stereocenters. The number of imide groups is 1. The molecule has 0 saturated carbocycles. The SMILES string of the molecule is CC(C)(C)OC(=O)N1C(=O)[C@H]2OC(C)(C)O[C@H]2[C@H]1C(=O)O. The number of amides is 2. The van der Waals surface area contributed by atoms with Gasteiger partial charge in [-0.1, -0.05) is 0 Å². The summed E-state index contributed by atoms with van der Waals surface area (Å²) in [6, 6.07) is -1.46. The first-order chi connectivity index (χ1) is 9.43. The summed E-state index contributed by atoms with van der Waals surface area (Å²) < 4.78 is 15.9. The van der Waals surface area contributed by atoms with E-state index in [0.717, 1.165) is 0 Å². The fourth-order valence-corrected chi connectivity index (χ4v) is 2.40. The van der Waals surface area contributed by atoms with Gasteiger partial charge >= 0.3 is 12.1 Å². The lowest BCUT2D eigenvalue weighted by Gasteiger charge is -2.28. The number of hydrogen-bond donors (Lipinski definition) is 1. The molecular formula is C13H19NO7. The Morgan fingerprint density at radius 2 is 1.86 bits per heavy atom. The first-order valence-corrected chi connectivity index (χ1v) is 6.57. The van der Waals surface area contributed by atoms with Gasteiger partial charge in [-0.3, -0.25) is 4.79 Å². The van der Waals surface area contributed by atoms with Gasteiger partial charge in [-0.25, -0.2) is 14.5 Å². The predicted molar refractivity (Wildman–Crippen MR) is 68.3 cm³/mol. The molecule has 0 radical (unpaired) electrons. The number of carboxylic acid groups (broad SMARTS) is 1. The number of fused-ring (bicyclic) bond motifs is 1. The maximum Gasteiger partial charge on any atom is 0.418 e. The molecule has 21 heavy (non-hydrogen) atoms. The van der Waals surface area contributed by atoms with Crippen molar-refractivity contribution >= 4 is 18.0 Å². The number of likely N-dealkylation sites (tertiary alicyclic amines) is 1. The first-order valence-electron chi connectivity index (χ1n) is 6.57. The fourth-order valence-electron chi connectivity index (χ4n) is 2.40. The van der Waals surface area contributed by atoms with E-state index < -0.39 is 47.6 Å². The zero-order valence-corrected chi connectivity index (χ0v) is 12.6. The minimum Gasteiger partial charge on any atom is -0.480 e. The molecule has 3 atom stereocenters. The Balaban J connectivity index is 2.29. The molecule has 0 aromatic heterocycles.